The maximum atomic E-state index is 12.3. The molecule has 1 aromatic heterocycles. The van der Waals surface area contributed by atoms with Crippen LogP contribution in [-0.2, 0) is 5.41 Å². The van der Waals surface area contributed by atoms with Gasteiger partial charge in [0.05, 0.1) is 0 Å². The highest BCUT2D eigenvalue weighted by molar-refractivity contribution is 5.92. The lowest BCUT2D eigenvalue weighted by molar-refractivity contribution is 0.0811. The first-order valence-corrected chi connectivity index (χ1v) is 8.61. The third-order valence-corrected chi connectivity index (χ3v) is 4.10. The van der Waals surface area contributed by atoms with Gasteiger partial charge >= 0.3 is 5.69 Å². The Balaban J connectivity index is 1.57. The van der Waals surface area contributed by atoms with E-state index in [1.165, 1.54) is 0 Å². The van der Waals surface area contributed by atoms with Gasteiger partial charge in [-0.2, -0.15) is 4.98 Å². The first-order valence-electron chi connectivity index (χ1n) is 8.61. The topological polar surface area (TPSA) is 93.3 Å². The van der Waals surface area contributed by atoms with Crippen molar-refractivity contribution in [1.82, 2.24) is 15.3 Å². The molecule has 1 aromatic carbocycles. The molecule has 0 radical (unpaired) electrons. The van der Waals surface area contributed by atoms with Crippen LogP contribution >= 0.6 is 0 Å². The van der Waals surface area contributed by atoms with Gasteiger partial charge in [-0.15, -0.1) is 0 Å². The number of rotatable bonds is 4. The number of nitrogens with one attached hydrogen (secondary N) is 2. The normalized spacial score (nSPS) is 16.2. The van der Waals surface area contributed by atoms with Crippen molar-refractivity contribution in [2.24, 2.45) is 0 Å². The molecule has 26 heavy (non-hydrogen) atoms. The zero-order valence-electron chi connectivity index (χ0n) is 15.2. The second-order valence-electron chi connectivity index (χ2n) is 7.28. The number of amides is 1. The minimum absolute atomic E-state index is 0.116. The van der Waals surface area contributed by atoms with Crippen LogP contribution in [0.4, 0.5) is 0 Å². The maximum Gasteiger partial charge on any atom is 0.345 e. The third-order valence-electron chi connectivity index (χ3n) is 4.10. The van der Waals surface area contributed by atoms with Gasteiger partial charge in [0, 0.05) is 24.1 Å². The smallest absolute Gasteiger partial charge is 0.345 e. The second kappa shape index (κ2) is 7.19. The minimum atomic E-state index is -0.525. The molecule has 2 aromatic rings. The van der Waals surface area contributed by atoms with E-state index in [2.05, 4.69) is 15.3 Å². The molecule has 0 saturated carbocycles. The summed E-state index contributed by atoms with van der Waals surface area (Å²) in [6, 6.07) is 9.11. The number of carbonyl (C=O) groups excluding carboxylic acids is 1. The Bertz CT molecular complexity index is 854. The molecule has 0 saturated heterocycles. The van der Waals surface area contributed by atoms with Gasteiger partial charge in [0.15, 0.2) is 11.5 Å². The van der Waals surface area contributed by atoms with Crippen molar-refractivity contribution in [3.8, 4) is 11.5 Å². The van der Waals surface area contributed by atoms with Gasteiger partial charge in [-0.3, -0.25) is 4.79 Å². The van der Waals surface area contributed by atoms with Crippen LogP contribution in [0.3, 0.4) is 0 Å². The summed E-state index contributed by atoms with van der Waals surface area (Å²) >= 11 is 0. The molecule has 7 heteroatoms. The molecule has 0 spiro atoms. The number of aromatic nitrogens is 2. The monoisotopic (exact) mass is 357 g/mol. The summed E-state index contributed by atoms with van der Waals surface area (Å²) in [6.07, 6.45) is 0.456. The molecule has 3 rings (SSSR count). The van der Waals surface area contributed by atoms with E-state index < -0.39 is 5.69 Å². The number of H-pyrrole nitrogens is 1. The average molecular weight is 357 g/mol. The van der Waals surface area contributed by atoms with E-state index >= 15 is 0 Å². The fourth-order valence-corrected chi connectivity index (χ4v) is 2.62. The predicted molar refractivity (Wildman–Crippen MR) is 96.9 cm³/mol. The van der Waals surface area contributed by atoms with Gasteiger partial charge in [-0.25, -0.2) is 4.79 Å². The Morgan fingerprint density at radius 1 is 1.31 bits per heavy atom. The SMILES string of the molecule is CC(C)(C)c1cc(C(=O)NCCC2COc3ccccc3O2)nc(=O)[nH]1. The van der Waals surface area contributed by atoms with Crippen molar-refractivity contribution in [3.63, 3.8) is 0 Å². The first kappa shape index (κ1) is 18.0. The molecule has 1 aliphatic heterocycles. The molecule has 2 heterocycles. The number of nitrogens with zero attached hydrogens (tertiary/aromatic N) is 1. The summed E-state index contributed by atoms with van der Waals surface area (Å²) in [5.74, 6) is 1.06. The van der Waals surface area contributed by atoms with Crippen LogP contribution in [-0.4, -0.2) is 35.1 Å². The highest BCUT2D eigenvalue weighted by atomic mass is 16.6. The fourth-order valence-electron chi connectivity index (χ4n) is 2.62. The van der Waals surface area contributed by atoms with Crippen molar-refractivity contribution < 1.29 is 14.3 Å². The summed E-state index contributed by atoms with van der Waals surface area (Å²) < 4.78 is 11.5. The number of carbonyl (C=O) groups is 1. The molecule has 0 fully saturated rings. The van der Waals surface area contributed by atoms with Crippen LogP contribution in [0.1, 0.15) is 43.4 Å². The predicted octanol–water partition coefficient (Wildman–Crippen LogP) is 2.03. The molecule has 138 valence electrons. The number of fused-ring (bicyclic) bond motifs is 1. The van der Waals surface area contributed by atoms with Crippen molar-refractivity contribution in [2.75, 3.05) is 13.2 Å². The molecule has 0 aliphatic carbocycles. The van der Waals surface area contributed by atoms with E-state index in [1.54, 1.807) is 6.07 Å². The van der Waals surface area contributed by atoms with Crippen LogP contribution in [0.25, 0.3) is 0 Å². The Kier molecular flexibility index (Phi) is 4.97. The molecule has 0 bridgehead atoms. The van der Waals surface area contributed by atoms with Crippen LogP contribution in [0.5, 0.6) is 11.5 Å². The molecule has 1 amide bonds. The third kappa shape index (κ3) is 4.22. The fraction of sp³-hybridized carbons (Fsp3) is 0.421. The van der Waals surface area contributed by atoms with Gasteiger partial charge in [0.2, 0.25) is 0 Å². The molecule has 7 nitrogen and oxygen atoms in total. The minimum Gasteiger partial charge on any atom is -0.486 e. The summed E-state index contributed by atoms with van der Waals surface area (Å²) in [7, 11) is 0. The zero-order chi connectivity index (χ0) is 18.7. The molecule has 1 aliphatic rings. The molecule has 2 N–H and O–H groups in total. The van der Waals surface area contributed by atoms with Crippen molar-refractivity contribution in [1.29, 1.82) is 0 Å². The summed E-state index contributed by atoms with van der Waals surface area (Å²) in [5.41, 5.74) is -0.0195. The Labute approximate surface area is 151 Å². The molecular weight excluding hydrogens is 334 g/mol. The second-order valence-corrected chi connectivity index (χ2v) is 7.28. The van der Waals surface area contributed by atoms with E-state index in [1.807, 2.05) is 45.0 Å². The highest BCUT2D eigenvalue weighted by Gasteiger charge is 2.21. The van der Waals surface area contributed by atoms with E-state index in [-0.39, 0.29) is 23.1 Å². The maximum absolute atomic E-state index is 12.3. The lowest BCUT2D eigenvalue weighted by Crippen LogP contribution is -2.35. The summed E-state index contributed by atoms with van der Waals surface area (Å²) in [5, 5.41) is 2.79. The highest BCUT2D eigenvalue weighted by Crippen LogP contribution is 2.31. The molecular formula is C19H23N3O4. The quantitative estimate of drug-likeness (QED) is 0.873. The Morgan fingerprint density at radius 3 is 2.77 bits per heavy atom. The first-order chi connectivity index (χ1) is 12.3. The van der Waals surface area contributed by atoms with Crippen LogP contribution in [0.2, 0.25) is 0 Å². The van der Waals surface area contributed by atoms with Gasteiger partial charge in [-0.1, -0.05) is 32.9 Å². The van der Waals surface area contributed by atoms with Gasteiger partial charge in [0.25, 0.3) is 5.91 Å². The Hall–Kier alpha value is -2.83. The molecule has 1 unspecified atom stereocenters. The number of benzene rings is 1. The number of hydrogen-bond donors (Lipinski definition) is 2. The van der Waals surface area contributed by atoms with Crippen LogP contribution in [0.15, 0.2) is 35.1 Å². The lowest BCUT2D eigenvalue weighted by Gasteiger charge is -2.26. The van der Waals surface area contributed by atoms with Crippen molar-refractivity contribution in [3.05, 3.63) is 52.2 Å². The summed E-state index contributed by atoms with van der Waals surface area (Å²) in [4.78, 5) is 30.5. The molecule has 1 atom stereocenters. The number of para-hydroxylation sites is 2. The van der Waals surface area contributed by atoms with Crippen molar-refractivity contribution >= 4 is 5.91 Å². The largest absolute Gasteiger partial charge is 0.486 e. The average Bonchev–Trinajstić information content (AvgIpc) is 2.60. The van der Waals surface area contributed by atoms with Gasteiger partial charge in [0.1, 0.15) is 18.4 Å². The number of aromatic amines is 1. The number of hydrogen-bond acceptors (Lipinski definition) is 5. The lowest BCUT2D eigenvalue weighted by atomic mass is 9.91. The number of ether oxygens (including phenoxy) is 2. The van der Waals surface area contributed by atoms with E-state index in [0.29, 0.717) is 31.0 Å². The van der Waals surface area contributed by atoms with Gasteiger partial charge < -0.3 is 19.8 Å². The van der Waals surface area contributed by atoms with E-state index in [4.69, 9.17) is 9.47 Å². The summed E-state index contributed by atoms with van der Waals surface area (Å²) in [6.45, 7) is 6.70. The standard InChI is InChI=1S/C19H23N3O4/c1-19(2,3)16-10-13(21-18(24)22-16)17(23)20-9-8-12-11-25-14-6-4-5-7-15(14)26-12/h4-7,10,12H,8-9,11H2,1-3H3,(H,20,23)(H,21,22,24). The van der Waals surface area contributed by atoms with Crippen LogP contribution < -0.4 is 20.5 Å². The van der Waals surface area contributed by atoms with E-state index in [9.17, 15) is 9.59 Å². The van der Waals surface area contributed by atoms with E-state index in [0.717, 1.165) is 5.75 Å². The van der Waals surface area contributed by atoms with Gasteiger partial charge in [-0.05, 0) is 18.2 Å². The van der Waals surface area contributed by atoms with Crippen LogP contribution in [0, 0.1) is 0 Å². The van der Waals surface area contributed by atoms with Crippen molar-refractivity contribution in [2.45, 2.75) is 38.7 Å². The zero-order valence-corrected chi connectivity index (χ0v) is 15.2. The Morgan fingerprint density at radius 2 is 2.04 bits per heavy atom.